The third kappa shape index (κ3) is 2.02. The lowest BCUT2D eigenvalue weighted by molar-refractivity contribution is 0.103. The highest BCUT2D eigenvalue weighted by atomic mass is 16.5. The summed E-state index contributed by atoms with van der Waals surface area (Å²) in [5, 5.41) is 9.81. The lowest BCUT2D eigenvalue weighted by Crippen LogP contribution is -2.04. The van der Waals surface area contributed by atoms with Crippen LogP contribution in [0, 0.1) is 0 Å². The number of carbonyl (C=O) groups is 1. The van der Waals surface area contributed by atoms with E-state index in [1.165, 1.54) is 6.08 Å². The van der Waals surface area contributed by atoms with Crippen LogP contribution in [0.1, 0.15) is 33.2 Å². The summed E-state index contributed by atoms with van der Waals surface area (Å²) < 4.78 is 5.69. The Kier molecular flexibility index (Phi) is 3.12. The van der Waals surface area contributed by atoms with Gasteiger partial charge in [-0.15, -0.1) is 6.58 Å². The second-order valence-electron chi connectivity index (χ2n) is 4.71. The molecule has 0 fully saturated rings. The third-order valence-corrected chi connectivity index (χ3v) is 3.46. The average Bonchev–Trinajstić information content (AvgIpc) is 2.64. The summed E-state index contributed by atoms with van der Waals surface area (Å²) in [6.07, 6.45) is 0.643. The Balaban J connectivity index is 2.13. The minimum absolute atomic E-state index is 0.0776. The molecule has 1 unspecified atom stereocenters. The van der Waals surface area contributed by atoms with Crippen LogP contribution in [0.2, 0.25) is 0 Å². The fraction of sp³-hybridized carbons (Fsp3) is 0.118. The van der Waals surface area contributed by atoms with E-state index in [4.69, 9.17) is 4.74 Å². The molecular weight excluding hydrogens is 252 g/mol. The molecule has 1 heterocycles. The number of ketones is 1. The van der Waals surface area contributed by atoms with Gasteiger partial charge in [0.15, 0.2) is 5.78 Å². The molecule has 3 rings (SSSR count). The molecule has 100 valence electrons. The van der Waals surface area contributed by atoms with Crippen molar-refractivity contribution in [2.75, 3.05) is 0 Å². The van der Waals surface area contributed by atoms with Crippen molar-refractivity contribution in [1.29, 1.82) is 0 Å². The summed E-state index contributed by atoms with van der Waals surface area (Å²) in [6.45, 7) is 3.93. The molecule has 0 amide bonds. The van der Waals surface area contributed by atoms with E-state index in [1.807, 2.05) is 18.2 Å². The van der Waals surface area contributed by atoms with Gasteiger partial charge in [0.2, 0.25) is 0 Å². The second kappa shape index (κ2) is 4.94. The summed E-state index contributed by atoms with van der Waals surface area (Å²) in [4.78, 5) is 12.6. The van der Waals surface area contributed by atoms with Crippen LogP contribution in [-0.2, 0) is 6.61 Å². The van der Waals surface area contributed by atoms with Gasteiger partial charge in [0.1, 0.15) is 12.4 Å². The van der Waals surface area contributed by atoms with E-state index >= 15 is 0 Å². The van der Waals surface area contributed by atoms with Gasteiger partial charge in [-0.2, -0.15) is 0 Å². The lowest BCUT2D eigenvalue weighted by atomic mass is 9.97. The summed E-state index contributed by atoms with van der Waals surface area (Å²) in [6, 6.07) is 12.6. The van der Waals surface area contributed by atoms with Crippen LogP contribution in [0.25, 0.3) is 0 Å². The van der Waals surface area contributed by atoms with E-state index in [0.29, 0.717) is 29.0 Å². The molecule has 20 heavy (non-hydrogen) atoms. The zero-order valence-electron chi connectivity index (χ0n) is 10.9. The van der Waals surface area contributed by atoms with Crippen LogP contribution in [-0.4, -0.2) is 10.9 Å². The topological polar surface area (TPSA) is 46.5 Å². The number of hydrogen-bond donors (Lipinski definition) is 1. The van der Waals surface area contributed by atoms with Crippen molar-refractivity contribution < 1.29 is 14.6 Å². The first-order valence-electron chi connectivity index (χ1n) is 6.40. The molecule has 0 spiro atoms. The van der Waals surface area contributed by atoms with Crippen molar-refractivity contribution in [1.82, 2.24) is 0 Å². The molecule has 0 bridgehead atoms. The van der Waals surface area contributed by atoms with E-state index < -0.39 is 6.10 Å². The molecule has 2 aromatic carbocycles. The van der Waals surface area contributed by atoms with Crippen molar-refractivity contribution in [3.8, 4) is 5.75 Å². The van der Waals surface area contributed by atoms with E-state index in [0.717, 1.165) is 5.56 Å². The summed E-state index contributed by atoms with van der Waals surface area (Å²) in [5.74, 6) is 0.470. The summed E-state index contributed by atoms with van der Waals surface area (Å²) in [5.41, 5.74) is 2.64. The molecule has 0 aromatic heterocycles. The molecule has 0 saturated heterocycles. The zero-order valence-corrected chi connectivity index (χ0v) is 10.9. The number of ether oxygens (including phenoxy) is 1. The van der Waals surface area contributed by atoms with Gasteiger partial charge in [-0.05, 0) is 17.7 Å². The van der Waals surface area contributed by atoms with E-state index in [2.05, 4.69) is 6.58 Å². The van der Waals surface area contributed by atoms with E-state index in [-0.39, 0.29) is 5.78 Å². The first kappa shape index (κ1) is 12.6. The molecular formula is C17H14O3. The molecule has 3 heteroatoms. The Morgan fingerprint density at radius 3 is 2.80 bits per heavy atom. The number of aliphatic hydroxyl groups is 1. The Morgan fingerprint density at radius 2 is 2.00 bits per heavy atom. The summed E-state index contributed by atoms with van der Waals surface area (Å²) in [7, 11) is 0. The Hall–Kier alpha value is -2.39. The van der Waals surface area contributed by atoms with Crippen molar-refractivity contribution >= 4 is 5.78 Å². The largest absolute Gasteiger partial charge is 0.488 e. The average molecular weight is 266 g/mol. The minimum Gasteiger partial charge on any atom is -0.488 e. The lowest BCUT2D eigenvalue weighted by Gasteiger charge is -2.10. The fourth-order valence-corrected chi connectivity index (χ4v) is 2.34. The molecule has 1 N–H and O–H groups in total. The molecule has 1 atom stereocenters. The van der Waals surface area contributed by atoms with Gasteiger partial charge in [0, 0.05) is 11.1 Å². The molecule has 1 aliphatic heterocycles. The van der Waals surface area contributed by atoms with E-state index in [1.54, 1.807) is 24.3 Å². The minimum atomic E-state index is -0.786. The Bertz CT molecular complexity index is 688. The maximum Gasteiger partial charge on any atom is 0.197 e. The van der Waals surface area contributed by atoms with Gasteiger partial charge in [-0.3, -0.25) is 4.79 Å². The van der Waals surface area contributed by atoms with Gasteiger partial charge in [0.05, 0.1) is 11.7 Å². The van der Waals surface area contributed by atoms with E-state index in [9.17, 15) is 9.90 Å². The first-order valence-corrected chi connectivity index (χ1v) is 6.40. The number of benzene rings is 2. The number of fused-ring (bicyclic) bond motifs is 2. The number of hydrogen-bond acceptors (Lipinski definition) is 3. The highest BCUT2D eigenvalue weighted by Gasteiger charge is 2.22. The number of carbonyl (C=O) groups excluding carboxylic acids is 1. The quantitative estimate of drug-likeness (QED) is 0.850. The predicted octanol–water partition coefficient (Wildman–Crippen LogP) is 3.03. The smallest absolute Gasteiger partial charge is 0.197 e. The third-order valence-electron chi connectivity index (χ3n) is 3.46. The highest BCUT2D eigenvalue weighted by Crippen LogP contribution is 2.30. The van der Waals surface area contributed by atoms with Gasteiger partial charge >= 0.3 is 0 Å². The standard InChI is InChI=1S/C17H14O3/c1-2-15(18)11-7-8-16-14(9-11)17(19)13-6-4-3-5-12(13)10-20-16/h2-9,15,18H,1,10H2. The molecule has 1 aliphatic rings. The summed E-state index contributed by atoms with van der Waals surface area (Å²) >= 11 is 0. The zero-order chi connectivity index (χ0) is 14.1. The Morgan fingerprint density at radius 1 is 1.20 bits per heavy atom. The fourth-order valence-electron chi connectivity index (χ4n) is 2.34. The number of aliphatic hydroxyl groups excluding tert-OH is 1. The van der Waals surface area contributed by atoms with Crippen molar-refractivity contribution in [2.45, 2.75) is 12.7 Å². The van der Waals surface area contributed by atoms with Crippen LogP contribution in [0.15, 0.2) is 55.1 Å². The maximum atomic E-state index is 12.6. The van der Waals surface area contributed by atoms with Gasteiger partial charge in [-0.25, -0.2) is 0 Å². The van der Waals surface area contributed by atoms with Crippen LogP contribution in [0.3, 0.4) is 0 Å². The maximum absolute atomic E-state index is 12.6. The molecule has 2 aromatic rings. The van der Waals surface area contributed by atoms with Gasteiger partial charge < -0.3 is 9.84 Å². The Labute approximate surface area is 117 Å². The van der Waals surface area contributed by atoms with Crippen LogP contribution in [0.4, 0.5) is 0 Å². The van der Waals surface area contributed by atoms with Crippen LogP contribution >= 0.6 is 0 Å². The molecule has 3 nitrogen and oxygen atoms in total. The van der Waals surface area contributed by atoms with Crippen molar-refractivity contribution in [2.24, 2.45) is 0 Å². The van der Waals surface area contributed by atoms with Crippen LogP contribution < -0.4 is 4.74 Å². The SMILES string of the molecule is C=CC(O)c1ccc2c(c1)C(=O)c1ccccc1CO2. The second-order valence-corrected chi connectivity index (χ2v) is 4.71. The van der Waals surface area contributed by atoms with Crippen LogP contribution in [0.5, 0.6) is 5.75 Å². The van der Waals surface area contributed by atoms with Gasteiger partial charge in [-0.1, -0.05) is 36.4 Å². The molecule has 0 radical (unpaired) electrons. The first-order chi connectivity index (χ1) is 9.70. The highest BCUT2D eigenvalue weighted by molar-refractivity contribution is 6.12. The van der Waals surface area contributed by atoms with Crippen molar-refractivity contribution in [3.63, 3.8) is 0 Å². The predicted molar refractivity (Wildman–Crippen MR) is 75.8 cm³/mol. The monoisotopic (exact) mass is 266 g/mol. The number of rotatable bonds is 2. The van der Waals surface area contributed by atoms with Crippen molar-refractivity contribution in [3.05, 3.63) is 77.4 Å². The normalized spacial score (nSPS) is 14.6. The van der Waals surface area contributed by atoms with Gasteiger partial charge in [0.25, 0.3) is 0 Å². The molecule has 0 saturated carbocycles. The molecule has 0 aliphatic carbocycles.